The second kappa shape index (κ2) is 7.02. The third-order valence-electron chi connectivity index (χ3n) is 8.94. The highest BCUT2D eigenvalue weighted by Crippen LogP contribution is 2.37. The molecule has 0 N–H and O–H groups in total. The van der Waals surface area contributed by atoms with E-state index in [0.29, 0.717) is 0 Å². The second-order valence-electron chi connectivity index (χ2n) is 11.1. The van der Waals surface area contributed by atoms with Crippen LogP contribution in [0.4, 0.5) is 0 Å². The van der Waals surface area contributed by atoms with Gasteiger partial charge in [-0.3, -0.25) is 0 Å². The Labute approximate surface area is 227 Å². The van der Waals surface area contributed by atoms with Crippen molar-refractivity contribution >= 4 is 98.0 Å². The first kappa shape index (κ1) is 20.7. The molecule has 0 aliphatic carbocycles. The molecule has 0 fully saturated rings. The summed E-state index contributed by atoms with van der Waals surface area (Å²) in [5.41, 5.74) is 6.08. The summed E-state index contributed by atoms with van der Waals surface area (Å²) < 4.78 is 14.8. The van der Waals surface area contributed by atoms with Crippen molar-refractivity contribution in [3.05, 3.63) is 109 Å². The number of rotatable bonds is 0. The molecule has 0 saturated heterocycles. The van der Waals surface area contributed by atoms with Crippen molar-refractivity contribution in [3.8, 4) is 0 Å². The molecule has 3 heteroatoms. The molecule has 10 aromatic rings. The van der Waals surface area contributed by atoms with Crippen LogP contribution in [-0.2, 0) is 7.05 Å². The van der Waals surface area contributed by atoms with Crippen LogP contribution < -0.4 is 0 Å². The zero-order valence-corrected chi connectivity index (χ0v) is 21.7. The van der Waals surface area contributed by atoms with Gasteiger partial charge < -0.3 is 13.4 Å². The maximum Gasteiger partial charge on any atom is 0.135 e. The van der Waals surface area contributed by atoms with E-state index in [2.05, 4.69) is 121 Å². The minimum absolute atomic E-state index is 0.904. The van der Waals surface area contributed by atoms with Crippen molar-refractivity contribution in [2.75, 3.05) is 0 Å². The summed E-state index contributed by atoms with van der Waals surface area (Å²) in [6.07, 6.45) is 0. The second-order valence-corrected chi connectivity index (χ2v) is 11.1. The van der Waals surface area contributed by atoms with Crippen LogP contribution >= 0.6 is 0 Å². The van der Waals surface area contributed by atoms with Crippen LogP contribution in [0.2, 0.25) is 0 Å². The van der Waals surface area contributed by atoms with Gasteiger partial charge in [-0.05, 0) is 105 Å². The molecular formula is C37H21NO2. The molecule has 0 atom stereocenters. The summed E-state index contributed by atoms with van der Waals surface area (Å²) in [7, 11) is 2.15. The van der Waals surface area contributed by atoms with E-state index in [0.717, 1.165) is 54.6 Å². The Kier molecular flexibility index (Phi) is 3.62. The van der Waals surface area contributed by atoms with E-state index in [4.69, 9.17) is 8.83 Å². The van der Waals surface area contributed by atoms with E-state index in [1.807, 2.05) is 0 Å². The number of furan rings is 2. The Balaban J connectivity index is 1.48. The molecule has 0 amide bonds. The number of aryl methyl sites for hydroxylation is 1. The zero-order chi connectivity index (χ0) is 26.1. The molecule has 0 unspecified atom stereocenters. The largest absolute Gasteiger partial charge is 0.456 e. The molecular weight excluding hydrogens is 490 g/mol. The molecule has 0 aliphatic heterocycles. The predicted molar refractivity (Wildman–Crippen MR) is 167 cm³/mol. The van der Waals surface area contributed by atoms with Crippen molar-refractivity contribution in [1.82, 2.24) is 4.57 Å². The Morgan fingerprint density at radius 1 is 0.350 bits per heavy atom. The SMILES string of the molecule is Cn1c2ccc3cc2c2cc(ccc21)c1ccc2oc4ccc(cc4c2c1)c1ccc2oc4ccc3cc4c2c1. The van der Waals surface area contributed by atoms with Gasteiger partial charge in [0.2, 0.25) is 0 Å². The molecule has 12 bridgehead atoms. The standard InChI is InChI=1S/C37H21NO2/c1-38-32-8-2-20-14-26(32)27-15-21(3-9-33(27)38)23-5-11-35-29(17-23)31-19-25(7-13-37(31)40-35)24-6-12-36-30(18-24)28-16-22(20)4-10-34(28)39-36/h2-19H,1H3. The minimum Gasteiger partial charge on any atom is -0.456 e. The smallest absolute Gasteiger partial charge is 0.135 e. The van der Waals surface area contributed by atoms with Gasteiger partial charge in [0.15, 0.2) is 0 Å². The minimum atomic E-state index is 0.904. The van der Waals surface area contributed by atoms with Crippen LogP contribution in [0, 0.1) is 0 Å². The van der Waals surface area contributed by atoms with Crippen LogP contribution in [0.1, 0.15) is 0 Å². The third kappa shape index (κ3) is 2.59. The van der Waals surface area contributed by atoms with Crippen molar-refractivity contribution in [1.29, 1.82) is 0 Å². The average Bonchev–Trinajstić information content (AvgIpc) is 3.64. The van der Waals surface area contributed by atoms with E-state index >= 15 is 0 Å². The average molecular weight is 512 g/mol. The van der Waals surface area contributed by atoms with Gasteiger partial charge in [0.1, 0.15) is 22.3 Å². The highest BCUT2D eigenvalue weighted by molar-refractivity contribution is 6.16. The Morgan fingerprint density at radius 3 is 0.950 bits per heavy atom. The fraction of sp³-hybridized carbons (Fsp3) is 0.0270. The van der Waals surface area contributed by atoms with Crippen LogP contribution in [0.3, 0.4) is 0 Å². The lowest BCUT2D eigenvalue weighted by Gasteiger charge is -1.99. The van der Waals surface area contributed by atoms with Crippen molar-refractivity contribution in [2.45, 2.75) is 0 Å². The summed E-state index contributed by atoms with van der Waals surface area (Å²) >= 11 is 0. The fourth-order valence-electron chi connectivity index (χ4n) is 6.85. The van der Waals surface area contributed by atoms with E-state index in [9.17, 15) is 0 Å². The Hall–Kier alpha value is -5.28. The van der Waals surface area contributed by atoms with Gasteiger partial charge in [0, 0.05) is 50.4 Å². The van der Waals surface area contributed by atoms with E-state index in [-0.39, 0.29) is 0 Å². The van der Waals surface area contributed by atoms with Crippen molar-refractivity contribution < 1.29 is 8.83 Å². The van der Waals surface area contributed by atoms with E-state index < -0.39 is 0 Å². The lowest BCUT2D eigenvalue weighted by molar-refractivity contribution is 0.668. The normalized spacial score (nSPS) is 12.6. The first-order chi connectivity index (χ1) is 19.7. The predicted octanol–water partition coefficient (Wildman–Crippen LogP) is 10.6. The lowest BCUT2D eigenvalue weighted by atomic mass is 10.0. The molecule has 3 nitrogen and oxygen atoms in total. The molecule has 0 spiro atoms. The molecule has 40 heavy (non-hydrogen) atoms. The summed E-state index contributed by atoms with van der Waals surface area (Å²) in [5, 5.41) is 14.2. The highest BCUT2D eigenvalue weighted by Gasteiger charge is 2.13. The van der Waals surface area contributed by atoms with Crippen LogP contribution in [-0.4, -0.2) is 4.57 Å². The number of hydrogen-bond donors (Lipinski definition) is 0. The van der Waals surface area contributed by atoms with Gasteiger partial charge in [-0.2, -0.15) is 0 Å². The van der Waals surface area contributed by atoms with Gasteiger partial charge >= 0.3 is 0 Å². The molecule has 3 heterocycles. The lowest BCUT2D eigenvalue weighted by Crippen LogP contribution is -1.85. The molecule has 0 aliphatic rings. The zero-order valence-electron chi connectivity index (χ0n) is 21.7. The molecule has 10 rings (SSSR count). The third-order valence-corrected chi connectivity index (χ3v) is 8.94. The van der Waals surface area contributed by atoms with E-state index in [1.54, 1.807) is 0 Å². The first-order valence-electron chi connectivity index (χ1n) is 13.6. The molecule has 0 saturated carbocycles. The highest BCUT2D eigenvalue weighted by atomic mass is 16.3. The molecule has 0 radical (unpaired) electrons. The first-order valence-corrected chi connectivity index (χ1v) is 13.6. The Morgan fingerprint density at radius 2 is 0.625 bits per heavy atom. The molecule has 7 aromatic carbocycles. The maximum absolute atomic E-state index is 6.27. The van der Waals surface area contributed by atoms with Gasteiger partial charge in [0.05, 0.1) is 0 Å². The number of fused-ring (bicyclic) bond motifs is 9. The van der Waals surface area contributed by atoms with Gasteiger partial charge in [-0.1, -0.05) is 36.4 Å². The van der Waals surface area contributed by atoms with Gasteiger partial charge in [-0.15, -0.1) is 0 Å². The number of benzene rings is 6. The number of hydrogen-bond acceptors (Lipinski definition) is 2. The number of aromatic nitrogens is 1. The van der Waals surface area contributed by atoms with Crippen molar-refractivity contribution in [3.63, 3.8) is 0 Å². The van der Waals surface area contributed by atoms with Crippen LogP contribution in [0.5, 0.6) is 0 Å². The molecule has 3 aromatic heterocycles. The number of nitrogens with zero attached hydrogens (tertiary/aromatic N) is 1. The monoisotopic (exact) mass is 511 g/mol. The van der Waals surface area contributed by atoms with Gasteiger partial charge in [-0.25, -0.2) is 0 Å². The summed E-state index contributed by atoms with van der Waals surface area (Å²) in [6, 6.07) is 39.8. The summed E-state index contributed by atoms with van der Waals surface area (Å²) in [6.45, 7) is 0. The molecule has 186 valence electrons. The van der Waals surface area contributed by atoms with Crippen LogP contribution in [0.25, 0.3) is 98.0 Å². The van der Waals surface area contributed by atoms with Crippen LogP contribution in [0.15, 0.2) is 118 Å². The quantitative estimate of drug-likeness (QED) is 0.203. The van der Waals surface area contributed by atoms with Gasteiger partial charge in [0.25, 0.3) is 0 Å². The van der Waals surface area contributed by atoms with Crippen molar-refractivity contribution in [2.24, 2.45) is 7.05 Å². The van der Waals surface area contributed by atoms with E-state index in [1.165, 1.54) is 43.4 Å². The summed E-state index contributed by atoms with van der Waals surface area (Å²) in [4.78, 5) is 0. The summed E-state index contributed by atoms with van der Waals surface area (Å²) in [5.74, 6) is 0. The Bertz CT molecular complexity index is 2530. The maximum atomic E-state index is 6.27. The fourth-order valence-corrected chi connectivity index (χ4v) is 6.85. The topological polar surface area (TPSA) is 31.2 Å².